The molecule has 0 aliphatic rings. The molecule has 3 aromatic rings. The predicted molar refractivity (Wildman–Crippen MR) is 94.3 cm³/mol. The molecule has 24 heavy (non-hydrogen) atoms. The Hall–Kier alpha value is -3.21. The Balaban J connectivity index is 1.87. The normalized spacial score (nSPS) is 11.0. The summed E-state index contributed by atoms with van der Waals surface area (Å²) in [5, 5.41) is 14.4. The summed E-state index contributed by atoms with van der Waals surface area (Å²) in [6.07, 6.45) is 2.16. The lowest BCUT2D eigenvalue weighted by Gasteiger charge is -2.07. The van der Waals surface area contributed by atoms with Crippen molar-refractivity contribution in [3.63, 3.8) is 0 Å². The van der Waals surface area contributed by atoms with Crippen LogP contribution in [0.3, 0.4) is 0 Å². The summed E-state index contributed by atoms with van der Waals surface area (Å²) >= 11 is 0. The highest BCUT2D eigenvalue weighted by Crippen LogP contribution is 2.19. The number of carbonyl (C=O) groups is 1. The molecule has 0 saturated heterocycles. The molecule has 0 aliphatic heterocycles. The molecular formula is C19H17N3O2. The van der Waals surface area contributed by atoms with E-state index in [1.807, 2.05) is 31.2 Å². The summed E-state index contributed by atoms with van der Waals surface area (Å²) in [7, 11) is 0. The summed E-state index contributed by atoms with van der Waals surface area (Å²) in [5.41, 5.74) is 5.21. The number of hydrogen-bond acceptors (Lipinski definition) is 4. The summed E-state index contributed by atoms with van der Waals surface area (Å²) in [6, 6.07) is 16.1. The highest BCUT2D eigenvalue weighted by Gasteiger charge is 2.11. The van der Waals surface area contributed by atoms with Crippen LogP contribution < -0.4 is 5.43 Å². The molecule has 0 spiro atoms. The molecule has 0 fully saturated rings. The Morgan fingerprint density at radius 2 is 1.96 bits per heavy atom. The van der Waals surface area contributed by atoms with E-state index in [0.29, 0.717) is 11.1 Å². The van der Waals surface area contributed by atoms with E-state index in [9.17, 15) is 9.90 Å². The van der Waals surface area contributed by atoms with Gasteiger partial charge in [0.1, 0.15) is 5.75 Å². The fourth-order valence-corrected chi connectivity index (χ4v) is 2.42. The van der Waals surface area contributed by atoms with Gasteiger partial charge in [-0.1, -0.05) is 37.3 Å². The fraction of sp³-hybridized carbons (Fsp3) is 0.105. The van der Waals surface area contributed by atoms with Gasteiger partial charge < -0.3 is 5.11 Å². The van der Waals surface area contributed by atoms with Crippen LogP contribution in [0.25, 0.3) is 10.9 Å². The van der Waals surface area contributed by atoms with Crippen molar-refractivity contribution in [1.29, 1.82) is 0 Å². The standard InChI is InChI=1S/C19H17N3O2/c1-2-14-11-16(15-8-4-5-9-17(15)21-14)19(24)22-20-12-13-7-3-6-10-18(13)23/h3-12,23H,2H2,1H3,(H,22,24). The average Bonchev–Trinajstić information content (AvgIpc) is 2.62. The number of aromatic nitrogens is 1. The van der Waals surface area contributed by atoms with E-state index in [2.05, 4.69) is 15.5 Å². The number of para-hydroxylation sites is 2. The molecule has 120 valence electrons. The number of hydrazone groups is 1. The van der Waals surface area contributed by atoms with E-state index in [1.54, 1.807) is 30.3 Å². The van der Waals surface area contributed by atoms with E-state index >= 15 is 0 Å². The second-order valence-electron chi connectivity index (χ2n) is 5.29. The van der Waals surface area contributed by atoms with Crippen LogP contribution in [0.5, 0.6) is 5.75 Å². The smallest absolute Gasteiger partial charge is 0.272 e. The number of amides is 1. The van der Waals surface area contributed by atoms with Crippen molar-refractivity contribution in [3.8, 4) is 5.75 Å². The molecule has 2 aromatic carbocycles. The van der Waals surface area contributed by atoms with E-state index in [1.165, 1.54) is 6.21 Å². The minimum absolute atomic E-state index is 0.109. The zero-order chi connectivity index (χ0) is 16.9. The highest BCUT2D eigenvalue weighted by molar-refractivity contribution is 6.06. The number of rotatable bonds is 4. The van der Waals surface area contributed by atoms with Gasteiger partial charge in [0.05, 0.1) is 17.3 Å². The number of nitrogens with one attached hydrogen (secondary N) is 1. The first-order valence-electron chi connectivity index (χ1n) is 7.69. The van der Waals surface area contributed by atoms with Crippen LogP contribution in [0.4, 0.5) is 0 Å². The SMILES string of the molecule is CCc1cc(C(=O)NN=Cc2ccccc2O)c2ccccc2n1. The van der Waals surface area contributed by atoms with Gasteiger partial charge in [0.25, 0.3) is 5.91 Å². The highest BCUT2D eigenvalue weighted by atomic mass is 16.3. The molecule has 0 radical (unpaired) electrons. The fourth-order valence-electron chi connectivity index (χ4n) is 2.42. The molecule has 0 unspecified atom stereocenters. The number of benzene rings is 2. The number of phenolic OH excluding ortho intramolecular Hbond substituents is 1. The number of pyridine rings is 1. The summed E-state index contributed by atoms with van der Waals surface area (Å²) < 4.78 is 0. The molecule has 0 saturated carbocycles. The average molecular weight is 319 g/mol. The van der Waals surface area contributed by atoms with Crippen molar-refractivity contribution < 1.29 is 9.90 Å². The Bertz CT molecular complexity index is 919. The maximum Gasteiger partial charge on any atom is 0.272 e. The van der Waals surface area contributed by atoms with Crippen LogP contribution in [0.2, 0.25) is 0 Å². The Labute approximate surface area is 139 Å². The van der Waals surface area contributed by atoms with Crippen LogP contribution in [-0.4, -0.2) is 22.2 Å². The summed E-state index contributed by atoms with van der Waals surface area (Å²) in [6.45, 7) is 2.00. The van der Waals surface area contributed by atoms with Gasteiger partial charge in [-0.2, -0.15) is 5.10 Å². The number of nitrogens with zero attached hydrogens (tertiary/aromatic N) is 2. The molecule has 1 aromatic heterocycles. The number of aromatic hydroxyl groups is 1. The quantitative estimate of drug-likeness (QED) is 0.572. The second-order valence-corrected chi connectivity index (χ2v) is 5.29. The van der Waals surface area contributed by atoms with Gasteiger partial charge in [0, 0.05) is 16.6 Å². The zero-order valence-corrected chi connectivity index (χ0v) is 13.2. The molecule has 5 heteroatoms. The molecular weight excluding hydrogens is 302 g/mol. The van der Waals surface area contributed by atoms with Crippen molar-refractivity contribution in [2.24, 2.45) is 5.10 Å². The molecule has 5 nitrogen and oxygen atoms in total. The van der Waals surface area contributed by atoms with Crippen molar-refractivity contribution in [1.82, 2.24) is 10.4 Å². The van der Waals surface area contributed by atoms with E-state index in [0.717, 1.165) is 23.0 Å². The van der Waals surface area contributed by atoms with Gasteiger partial charge in [-0.25, -0.2) is 5.43 Å². The molecule has 3 rings (SSSR count). The molecule has 0 atom stereocenters. The lowest BCUT2D eigenvalue weighted by molar-refractivity contribution is 0.0956. The third kappa shape index (κ3) is 3.25. The molecule has 0 aliphatic carbocycles. The number of hydrogen-bond donors (Lipinski definition) is 2. The maximum atomic E-state index is 12.5. The summed E-state index contributed by atoms with van der Waals surface area (Å²) in [4.78, 5) is 17.0. The Kier molecular flexibility index (Phi) is 4.52. The van der Waals surface area contributed by atoms with Crippen molar-refractivity contribution in [2.75, 3.05) is 0 Å². The van der Waals surface area contributed by atoms with Gasteiger partial charge in [0.2, 0.25) is 0 Å². The van der Waals surface area contributed by atoms with Crippen molar-refractivity contribution in [3.05, 3.63) is 71.4 Å². The first-order chi connectivity index (χ1) is 11.7. The Morgan fingerprint density at radius 1 is 1.21 bits per heavy atom. The number of fused-ring (bicyclic) bond motifs is 1. The lowest BCUT2D eigenvalue weighted by Crippen LogP contribution is -2.18. The van der Waals surface area contributed by atoms with Crippen LogP contribution >= 0.6 is 0 Å². The van der Waals surface area contributed by atoms with Crippen molar-refractivity contribution in [2.45, 2.75) is 13.3 Å². The second kappa shape index (κ2) is 6.91. The third-order valence-electron chi connectivity index (χ3n) is 3.68. The van der Waals surface area contributed by atoms with Crippen LogP contribution in [0.1, 0.15) is 28.5 Å². The number of carbonyl (C=O) groups excluding carboxylic acids is 1. The maximum absolute atomic E-state index is 12.5. The predicted octanol–water partition coefficient (Wildman–Crippen LogP) is 3.27. The monoisotopic (exact) mass is 319 g/mol. The van der Waals surface area contributed by atoms with Crippen LogP contribution in [-0.2, 0) is 6.42 Å². The Morgan fingerprint density at radius 3 is 2.75 bits per heavy atom. The first kappa shape index (κ1) is 15.7. The topological polar surface area (TPSA) is 74.6 Å². The van der Waals surface area contributed by atoms with Gasteiger partial charge in [-0.05, 0) is 30.7 Å². The van der Waals surface area contributed by atoms with Gasteiger partial charge in [0.15, 0.2) is 0 Å². The van der Waals surface area contributed by atoms with E-state index < -0.39 is 0 Å². The first-order valence-corrected chi connectivity index (χ1v) is 7.69. The van der Waals surface area contributed by atoms with Gasteiger partial charge >= 0.3 is 0 Å². The summed E-state index contributed by atoms with van der Waals surface area (Å²) in [5.74, 6) is -0.201. The molecule has 0 bridgehead atoms. The lowest BCUT2D eigenvalue weighted by atomic mass is 10.1. The largest absolute Gasteiger partial charge is 0.507 e. The number of phenols is 1. The third-order valence-corrected chi connectivity index (χ3v) is 3.68. The number of aryl methyl sites for hydroxylation is 1. The molecule has 2 N–H and O–H groups in total. The van der Waals surface area contributed by atoms with Gasteiger partial charge in [-0.15, -0.1) is 0 Å². The molecule has 1 amide bonds. The molecule has 1 heterocycles. The van der Waals surface area contributed by atoms with E-state index in [-0.39, 0.29) is 11.7 Å². The van der Waals surface area contributed by atoms with Gasteiger partial charge in [-0.3, -0.25) is 9.78 Å². The van der Waals surface area contributed by atoms with Crippen LogP contribution in [0, 0.1) is 0 Å². The van der Waals surface area contributed by atoms with Crippen LogP contribution in [0.15, 0.2) is 59.7 Å². The minimum Gasteiger partial charge on any atom is -0.507 e. The zero-order valence-electron chi connectivity index (χ0n) is 13.2. The van der Waals surface area contributed by atoms with Crippen molar-refractivity contribution >= 4 is 23.0 Å². The minimum atomic E-state index is -0.310. The van der Waals surface area contributed by atoms with E-state index in [4.69, 9.17) is 0 Å².